The average Bonchev–Trinajstić information content (AvgIpc) is 3.06. The van der Waals surface area contributed by atoms with Crippen LogP contribution in [0.15, 0.2) is 84.9 Å². The lowest BCUT2D eigenvalue weighted by Gasteiger charge is -2.29. The van der Waals surface area contributed by atoms with Crippen LogP contribution in [0.4, 0.5) is 0 Å². The Morgan fingerprint density at radius 1 is 0.872 bits per heavy atom. The van der Waals surface area contributed by atoms with Crippen LogP contribution in [0.3, 0.4) is 0 Å². The fraction of sp³-hybridized carbons (Fsp3) is 0.361. The lowest BCUT2D eigenvalue weighted by atomic mass is 10.00. The van der Waals surface area contributed by atoms with Gasteiger partial charge in [-0.15, -0.1) is 0 Å². The number of amides is 5. The maximum absolute atomic E-state index is 13.4. The molecule has 3 aromatic carbocycles. The lowest BCUT2D eigenvalue weighted by Crippen LogP contribution is -2.60. The molecule has 2 atom stereocenters. The van der Waals surface area contributed by atoms with Gasteiger partial charge in [0.25, 0.3) is 5.91 Å². The third-order valence-electron chi connectivity index (χ3n) is 7.73. The molecule has 0 radical (unpaired) electrons. The minimum Gasteiger partial charge on any atom is -0.493 e. The molecule has 5 N–H and O–H groups in total. The lowest BCUT2D eigenvalue weighted by molar-refractivity contribution is -0.135. The Labute approximate surface area is 275 Å². The Morgan fingerprint density at radius 3 is 2.26 bits per heavy atom. The number of hydrogen-bond donors (Lipinski definition) is 5. The van der Waals surface area contributed by atoms with Gasteiger partial charge in [0.15, 0.2) is 0 Å². The molecule has 4 rings (SSSR count). The highest BCUT2D eigenvalue weighted by Gasteiger charge is 2.35. The van der Waals surface area contributed by atoms with E-state index in [2.05, 4.69) is 26.6 Å². The quantitative estimate of drug-likeness (QED) is 0.250. The van der Waals surface area contributed by atoms with E-state index in [9.17, 15) is 24.0 Å². The molecule has 0 saturated heterocycles. The first-order valence-electron chi connectivity index (χ1n) is 15.9. The van der Waals surface area contributed by atoms with E-state index in [0.29, 0.717) is 25.1 Å². The molecule has 0 spiro atoms. The number of rotatable bonds is 7. The molecular weight excluding hydrogens is 598 g/mol. The molecule has 47 heavy (non-hydrogen) atoms. The zero-order valence-electron chi connectivity index (χ0n) is 26.8. The maximum Gasteiger partial charge on any atom is 0.255 e. The summed E-state index contributed by atoms with van der Waals surface area (Å²) in [6.45, 7) is 3.82. The molecule has 0 saturated carbocycles. The van der Waals surface area contributed by atoms with E-state index in [1.165, 1.54) is 13.8 Å². The van der Waals surface area contributed by atoms with Crippen LogP contribution in [0.2, 0.25) is 0 Å². The molecule has 248 valence electrons. The monoisotopic (exact) mass is 641 g/mol. The smallest absolute Gasteiger partial charge is 0.255 e. The summed E-state index contributed by atoms with van der Waals surface area (Å²) in [6.07, 6.45) is 1.65. The van der Waals surface area contributed by atoms with Gasteiger partial charge in [0.05, 0.1) is 18.6 Å². The van der Waals surface area contributed by atoms with Crippen molar-refractivity contribution in [1.29, 1.82) is 0 Å². The van der Waals surface area contributed by atoms with Crippen molar-refractivity contribution in [2.45, 2.75) is 63.6 Å². The van der Waals surface area contributed by atoms with Gasteiger partial charge in [0.1, 0.15) is 23.4 Å². The second-order valence-electron chi connectivity index (χ2n) is 12.0. The Balaban J connectivity index is 1.53. The van der Waals surface area contributed by atoms with Gasteiger partial charge in [-0.2, -0.15) is 0 Å². The van der Waals surface area contributed by atoms with Crippen LogP contribution in [-0.2, 0) is 32.0 Å². The summed E-state index contributed by atoms with van der Waals surface area (Å²) in [4.78, 5) is 66.8. The van der Waals surface area contributed by atoms with Gasteiger partial charge in [-0.05, 0) is 56.4 Å². The summed E-state index contributed by atoms with van der Waals surface area (Å²) >= 11 is 0. The van der Waals surface area contributed by atoms with E-state index in [-0.39, 0.29) is 31.0 Å². The van der Waals surface area contributed by atoms with Gasteiger partial charge in [-0.3, -0.25) is 24.0 Å². The second-order valence-corrected chi connectivity index (χ2v) is 12.0. The van der Waals surface area contributed by atoms with Crippen molar-refractivity contribution in [3.8, 4) is 5.75 Å². The number of benzene rings is 3. The molecular formula is C36H43N5O6. The van der Waals surface area contributed by atoms with Gasteiger partial charge in [0.2, 0.25) is 23.6 Å². The van der Waals surface area contributed by atoms with Gasteiger partial charge in [-0.25, -0.2) is 0 Å². The first kappa shape index (κ1) is 34.7. The van der Waals surface area contributed by atoms with Crippen molar-refractivity contribution >= 4 is 29.5 Å². The number of nitrogens with one attached hydrogen (secondary N) is 5. The average molecular weight is 642 g/mol. The highest BCUT2D eigenvalue weighted by Crippen LogP contribution is 2.19. The molecule has 0 unspecified atom stereocenters. The van der Waals surface area contributed by atoms with E-state index < -0.39 is 47.7 Å². The van der Waals surface area contributed by atoms with Crippen LogP contribution in [0, 0.1) is 0 Å². The number of carbonyl (C=O) groups excluding carboxylic acids is 5. The number of para-hydroxylation sites is 1. The van der Waals surface area contributed by atoms with Crippen LogP contribution < -0.4 is 31.3 Å². The first-order valence-corrected chi connectivity index (χ1v) is 15.9. The summed E-state index contributed by atoms with van der Waals surface area (Å²) in [5, 5.41) is 13.8. The van der Waals surface area contributed by atoms with Crippen molar-refractivity contribution in [3.63, 3.8) is 0 Å². The number of carbonyl (C=O) groups is 5. The highest BCUT2D eigenvalue weighted by molar-refractivity contribution is 6.01. The van der Waals surface area contributed by atoms with E-state index >= 15 is 0 Å². The fourth-order valence-electron chi connectivity index (χ4n) is 5.13. The summed E-state index contributed by atoms with van der Waals surface area (Å²) < 4.78 is 5.88. The summed E-state index contributed by atoms with van der Waals surface area (Å²) in [6, 6.07) is 23.6. The van der Waals surface area contributed by atoms with Crippen molar-refractivity contribution < 1.29 is 28.7 Å². The number of fused-ring (bicyclic) bond motifs is 1. The third kappa shape index (κ3) is 10.7. The third-order valence-corrected chi connectivity index (χ3v) is 7.73. The zero-order valence-corrected chi connectivity index (χ0v) is 26.8. The molecule has 5 amide bonds. The predicted molar refractivity (Wildman–Crippen MR) is 178 cm³/mol. The van der Waals surface area contributed by atoms with Crippen LogP contribution in [0.1, 0.15) is 54.6 Å². The van der Waals surface area contributed by atoms with Crippen LogP contribution in [-0.4, -0.2) is 66.9 Å². The summed E-state index contributed by atoms with van der Waals surface area (Å²) in [7, 11) is 0. The second kappa shape index (κ2) is 16.9. The van der Waals surface area contributed by atoms with E-state index in [1.54, 1.807) is 24.3 Å². The number of aryl methyl sites for hydroxylation is 1. The zero-order chi connectivity index (χ0) is 33.6. The number of ether oxygens (including phenoxy) is 1. The Hall–Kier alpha value is -5.19. The molecule has 3 aromatic rings. The van der Waals surface area contributed by atoms with Crippen LogP contribution >= 0.6 is 0 Å². The standard InChI is InChI=1S/C36H43N5O6/c1-36(2)35(46)40-28(23-26-15-7-4-8-16-26)33(44)38-21-12-22-47-30-19-10-9-18-27(30)32(43)39-29(24-31(42)41-36)34(45)37-20-11-17-25-13-5-3-6-14-25/h3-10,13-16,18-19,28-29H,11-12,17,20-24H2,1-2H3,(H,37,45)(H,38,44)(H,39,43)(H,40,46)(H,41,42)/t28-,29-/m0/s1. The molecule has 11 heteroatoms. The molecule has 1 aliphatic heterocycles. The van der Waals surface area contributed by atoms with Crippen molar-refractivity contribution in [3.05, 3.63) is 102 Å². The molecule has 0 aliphatic carbocycles. The molecule has 0 aromatic heterocycles. The molecule has 0 bridgehead atoms. The van der Waals surface area contributed by atoms with E-state index in [4.69, 9.17) is 4.74 Å². The van der Waals surface area contributed by atoms with Gasteiger partial charge >= 0.3 is 0 Å². The van der Waals surface area contributed by atoms with Crippen molar-refractivity contribution in [2.75, 3.05) is 19.7 Å². The Bertz CT molecular complexity index is 1530. The largest absolute Gasteiger partial charge is 0.493 e. The van der Waals surface area contributed by atoms with Gasteiger partial charge < -0.3 is 31.3 Å². The van der Waals surface area contributed by atoms with Crippen molar-refractivity contribution in [1.82, 2.24) is 26.6 Å². The van der Waals surface area contributed by atoms with E-state index in [1.807, 2.05) is 60.7 Å². The SMILES string of the molecule is CC1(C)NC(=O)C[C@@H](C(=O)NCCCc2ccccc2)NC(=O)c2ccccc2OCCCNC(=O)[C@H](Cc2ccccc2)NC1=O. The molecule has 1 heterocycles. The Kier molecular flexibility index (Phi) is 12.5. The molecule has 11 nitrogen and oxygen atoms in total. The Morgan fingerprint density at radius 2 is 1.53 bits per heavy atom. The minimum atomic E-state index is -1.45. The first-order chi connectivity index (χ1) is 22.6. The normalized spacial score (nSPS) is 19.3. The molecule has 1 aliphatic rings. The van der Waals surface area contributed by atoms with Crippen molar-refractivity contribution in [2.24, 2.45) is 0 Å². The highest BCUT2D eigenvalue weighted by atomic mass is 16.5. The molecule has 0 fully saturated rings. The topological polar surface area (TPSA) is 155 Å². The van der Waals surface area contributed by atoms with Crippen LogP contribution in [0.25, 0.3) is 0 Å². The summed E-state index contributed by atoms with van der Waals surface area (Å²) in [5.74, 6) is -2.41. The maximum atomic E-state index is 13.4. The van der Waals surface area contributed by atoms with Gasteiger partial charge in [0, 0.05) is 19.5 Å². The van der Waals surface area contributed by atoms with E-state index in [0.717, 1.165) is 17.5 Å². The fourth-order valence-corrected chi connectivity index (χ4v) is 5.13. The predicted octanol–water partition coefficient (Wildman–Crippen LogP) is 2.45. The van der Waals surface area contributed by atoms with Crippen LogP contribution in [0.5, 0.6) is 5.75 Å². The minimum absolute atomic E-state index is 0.195. The number of hydrogen-bond acceptors (Lipinski definition) is 6. The van der Waals surface area contributed by atoms with Gasteiger partial charge in [-0.1, -0.05) is 72.8 Å². The summed E-state index contributed by atoms with van der Waals surface area (Å²) in [5.41, 5.74) is 0.734.